The zero-order valence-electron chi connectivity index (χ0n) is 11.4. The van der Waals surface area contributed by atoms with Crippen LogP contribution < -0.4 is 5.32 Å². The molecule has 3 heteroatoms. The molecule has 18 heavy (non-hydrogen) atoms. The van der Waals surface area contributed by atoms with E-state index in [1.165, 1.54) is 38.5 Å². The minimum Gasteiger partial charge on any atom is -0.466 e. The second-order valence-corrected chi connectivity index (χ2v) is 6.32. The summed E-state index contributed by atoms with van der Waals surface area (Å²) in [4.78, 5) is 12.1. The van der Waals surface area contributed by atoms with Crippen LogP contribution in [0.4, 0.5) is 0 Å². The molecule has 0 aliphatic heterocycles. The Hall–Kier alpha value is -0.570. The summed E-state index contributed by atoms with van der Waals surface area (Å²) in [6.45, 7) is 3.51. The normalized spacial score (nSPS) is 38.1. The lowest BCUT2D eigenvalue weighted by molar-refractivity contribution is -0.150. The zero-order chi connectivity index (χ0) is 12.5. The molecular weight excluding hydrogens is 226 g/mol. The fraction of sp³-hybridized carbons (Fsp3) is 0.933. The number of carbonyl (C=O) groups is 1. The van der Waals surface area contributed by atoms with Gasteiger partial charge in [0.15, 0.2) is 0 Å². The van der Waals surface area contributed by atoms with Gasteiger partial charge in [-0.3, -0.25) is 4.79 Å². The first-order valence-corrected chi connectivity index (χ1v) is 7.69. The third kappa shape index (κ3) is 2.42. The van der Waals surface area contributed by atoms with E-state index >= 15 is 0 Å². The van der Waals surface area contributed by atoms with Gasteiger partial charge in [-0.05, 0) is 56.9 Å². The summed E-state index contributed by atoms with van der Waals surface area (Å²) < 4.78 is 5.27. The molecule has 0 heterocycles. The van der Waals surface area contributed by atoms with E-state index in [1.54, 1.807) is 0 Å². The Kier molecular flexibility index (Phi) is 3.60. The van der Waals surface area contributed by atoms with Crippen LogP contribution in [0.5, 0.6) is 0 Å². The molecule has 3 fully saturated rings. The Balaban J connectivity index is 1.56. The van der Waals surface area contributed by atoms with Gasteiger partial charge in [0.05, 0.1) is 12.5 Å². The number of nitrogens with one attached hydrogen (secondary N) is 1. The van der Waals surface area contributed by atoms with E-state index < -0.39 is 0 Å². The molecule has 3 nitrogen and oxygen atoms in total. The molecule has 0 aromatic heterocycles. The molecule has 0 aromatic carbocycles. The Labute approximate surface area is 110 Å². The van der Waals surface area contributed by atoms with Crippen LogP contribution in [0.15, 0.2) is 0 Å². The van der Waals surface area contributed by atoms with Gasteiger partial charge in [0.2, 0.25) is 0 Å². The monoisotopic (exact) mass is 251 g/mol. The van der Waals surface area contributed by atoms with E-state index in [2.05, 4.69) is 5.32 Å². The van der Waals surface area contributed by atoms with Crippen molar-refractivity contribution in [3.63, 3.8) is 0 Å². The van der Waals surface area contributed by atoms with Crippen molar-refractivity contribution in [2.24, 2.45) is 23.7 Å². The maximum atomic E-state index is 12.1. The van der Waals surface area contributed by atoms with Crippen LogP contribution in [-0.4, -0.2) is 25.2 Å². The molecule has 3 aliphatic rings. The van der Waals surface area contributed by atoms with Gasteiger partial charge in [0.25, 0.3) is 0 Å². The molecule has 3 aliphatic carbocycles. The number of fused-ring (bicyclic) bond motifs is 2. The van der Waals surface area contributed by atoms with Crippen LogP contribution in [0.3, 0.4) is 0 Å². The van der Waals surface area contributed by atoms with Crippen LogP contribution in [0.25, 0.3) is 0 Å². The van der Waals surface area contributed by atoms with Gasteiger partial charge >= 0.3 is 5.97 Å². The topological polar surface area (TPSA) is 38.3 Å². The van der Waals surface area contributed by atoms with Crippen molar-refractivity contribution in [3.8, 4) is 0 Å². The molecule has 1 N–H and O–H groups in total. The second kappa shape index (κ2) is 5.20. The van der Waals surface area contributed by atoms with Crippen molar-refractivity contribution in [3.05, 3.63) is 0 Å². The Morgan fingerprint density at radius 2 is 2.00 bits per heavy atom. The summed E-state index contributed by atoms with van der Waals surface area (Å²) in [6.07, 6.45) is 7.91. The van der Waals surface area contributed by atoms with Crippen molar-refractivity contribution in [1.29, 1.82) is 0 Å². The van der Waals surface area contributed by atoms with E-state index in [0.717, 1.165) is 18.4 Å². The summed E-state index contributed by atoms with van der Waals surface area (Å²) >= 11 is 0. The standard InChI is InChI=1S/C15H25NO2/c1-2-18-15(17)13-11-5-6-12(9-11)14(13)16-8-7-10-3-4-10/h10-14,16H,2-9H2,1H3/t11-,12+,13?,14?/m0/s1. The minimum atomic E-state index is 0.0496. The molecule has 0 spiro atoms. The van der Waals surface area contributed by atoms with Gasteiger partial charge in [-0.2, -0.15) is 0 Å². The third-order valence-electron chi connectivity index (χ3n) is 5.10. The predicted molar refractivity (Wildman–Crippen MR) is 70.1 cm³/mol. The molecule has 0 radical (unpaired) electrons. The number of esters is 1. The largest absolute Gasteiger partial charge is 0.466 e. The first-order chi connectivity index (χ1) is 8.79. The molecule has 2 unspecified atom stereocenters. The summed E-state index contributed by atoms with van der Waals surface area (Å²) in [5.74, 6) is 2.48. The van der Waals surface area contributed by atoms with Gasteiger partial charge in [0, 0.05) is 6.04 Å². The van der Waals surface area contributed by atoms with Crippen molar-refractivity contribution < 1.29 is 9.53 Å². The number of rotatable bonds is 6. The van der Waals surface area contributed by atoms with Crippen LogP contribution in [0, 0.1) is 23.7 Å². The molecule has 2 bridgehead atoms. The number of ether oxygens (including phenoxy) is 1. The number of carbonyl (C=O) groups excluding carboxylic acids is 1. The van der Waals surface area contributed by atoms with Gasteiger partial charge in [-0.15, -0.1) is 0 Å². The molecular formula is C15H25NO2. The number of hydrogen-bond donors (Lipinski definition) is 1. The molecule has 102 valence electrons. The van der Waals surface area contributed by atoms with E-state index in [1.807, 2.05) is 6.92 Å². The second-order valence-electron chi connectivity index (χ2n) is 6.32. The lowest BCUT2D eigenvalue weighted by Crippen LogP contribution is -2.45. The summed E-state index contributed by atoms with van der Waals surface area (Å²) in [5.41, 5.74) is 0. The fourth-order valence-corrected chi connectivity index (χ4v) is 4.02. The highest BCUT2D eigenvalue weighted by molar-refractivity contribution is 5.74. The fourth-order valence-electron chi connectivity index (χ4n) is 4.02. The SMILES string of the molecule is CCOC(=O)C1C(NCCC2CC2)[C@@H]2CC[C@H]1C2. The summed E-state index contributed by atoms with van der Waals surface area (Å²) in [6, 6.07) is 0.404. The van der Waals surface area contributed by atoms with E-state index in [4.69, 9.17) is 4.74 Å². The van der Waals surface area contributed by atoms with Crippen LogP contribution in [0.2, 0.25) is 0 Å². The van der Waals surface area contributed by atoms with Crippen LogP contribution >= 0.6 is 0 Å². The lowest BCUT2D eigenvalue weighted by atomic mass is 9.84. The molecule has 3 saturated carbocycles. The summed E-state index contributed by atoms with van der Waals surface area (Å²) in [7, 11) is 0. The van der Waals surface area contributed by atoms with Crippen molar-refractivity contribution in [2.45, 2.75) is 51.5 Å². The maximum Gasteiger partial charge on any atom is 0.310 e. The van der Waals surface area contributed by atoms with Crippen LogP contribution in [0.1, 0.15) is 45.4 Å². The first-order valence-electron chi connectivity index (χ1n) is 7.69. The first kappa shape index (κ1) is 12.5. The van der Waals surface area contributed by atoms with Crippen molar-refractivity contribution in [1.82, 2.24) is 5.32 Å². The third-order valence-corrected chi connectivity index (χ3v) is 5.10. The minimum absolute atomic E-state index is 0.0496. The van der Waals surface area contributed by atoms with Gasteiger partial charge in [-0.1, -0.05) is 12.8 Å². The van der Waals surface area contributed by atoms with Crippen molar-refractivity contribution >= 4 is 5.97 Å². The van der Waals surface area contributed by atoms with Crippen molar-refractivity contribution in [2.75, 3.05) is 13.2 Å². The smallest absolute Gasteiger partial charge is 0.310 e. The van der Waals surface area contributed by atoms with E-state index in [-0.39, 0.29) is 11.9 Å². The molecule has 0 saturated heterocycles. The molecule has 0 amide bonds. The molecule has 3 rings (SSSR count). The lowest BCUT2D eigenvalue weighted by Gasteiger charge is -2.30. The van der Waals surface area contributed by atoms with E-state index in [9.17, 15) is 4.79 Å². The van der Waals surface area contributed by atoms with Gasteiger partial charge in [-0.25, -0.2) is 0 Å². The van der Waals surface area contributed by atoms with Gasteiger partial charge < -0.3 is 10.1 Å². The molecule has 4 atom stereocenters. The van der Waals surface area contributed by atoms with Crippen LogP contribution in [-0.2, 0) is 9.53 Å². The maximum absolute atomic E-state index is 12.1. The predicted octanol–water partition coefficient (Wildman–Crippen LogP) is 2.35. The number of hydrogen-bond acceptors (Lipinski definition) is 3. The highest BCUT2D eigenvalue weighted by atomic mass is 16.5. The Morgan fingerprint density at radius 1 is 1.22 bits per heavy atom. The Bertz CT molecular complexity index is 314. The average molecular weight is 251 g/mol. The highest BCUT2D eigenvalue weighted by Gasteiger charge is 2.51. The molecule has 0 aromatic rings. The Morgan fingerprint density at radius 3 is 2.72 bits per heavy atom. The van der Waals surface area contributed by atoms with Gasteiger partial charge in [0.1, 0.15) is 0 Å². The zero-order valence-corrected chi connectivity index (χ0v) is 11.4. The quantitative estimate of drug-likeness (QED) is 0.736. The summed E-state index contributed by atoms with van der Waals surface area (Å²) in [5, 5.41) is 3.67. The van der Waals surface area contributed by atoms with E-state index in [0.29, 0.717) is 18.6 Å². The average Bonchev–Trinajstić information content (AvgIpc) is 2.96. The highest BCUT2D eigenvalue weighted by Crippen LogP contribution is 2.49.